The lowest BCUT2D eigenvalue weighted by atomic mass is 9.97. The van der Waals surface area contributed by atoms with E-state index < -0.39 is 0 Å². The first-order chi connectivity index (χ1) is 9.56. The Balaban J connectivity index is 2.49. The Hall–Kier alpha value is -1.22. The molecule has 2 aromatic rings. The zero-order valence-electron chi connectivity index (χ0n) is 11.7. The summed E-state index contributed by atoms with van der Waals surface area (Å²) in [5.74, 6) is 0.758. The monoisotopic (exact) mass is 309 g/mol. The molecule has 0 aliphatic carbocycles. The summed E-state index contributed by atoms with van der Waals surface area (Å²) in [6, 6.07) is 11.7. The average molecular weight is 310 g/mol. The number of nitrogens with one attached hydrogen (secondary N) is 1. The summed E-state index contributed by atoms with van der Waals surface area (Å²) in [5.41, 5.74) is 3.18. The van der Waals surface area contributed by atoms with Gasteiger partial charge in [0.25, 0.3) is 0 Å². The van der Waals surface area contributed by atoms with Crippen LogP contribution in [0.3, 0.4) is 0 Å². The molecule has 0 spiro atoms. The maximum absolute atomic E-state index is 6.22. The normalized spacial score (nSPS) is 12.2. The largest absolute Gasteiger partial charge is 0.496 e. The summed E-state index contributed by atoms with van der Waals surface area (Å²) in [5, 5.41) is 4.71. The summed E-state index contributed by atoms with van der Waals surface area (Å²) in [7, 11) is 3.55. The van der Waals surface area contributed by atoms with Crippen molar-refractivity contribution in [2.45, 2.75) is 13.0 Å². The highest BCUT2D eigenvalue weighted by Gasteiger charge is 2.17. The molecular weight excluding hydrogens is 293 g/mol. The number of aryl methyl sites for hydroxylation is 1. The first-order valence-electron chi connectivity index (χ1n) is 6.33. The van der Waals surface area contributed by atoms with Crippen LogP contribution in [0.5, 0.6) is 5.75 Å². The van der Waals surface area contributed by atoms with Gasteiger partial charge in [-0.25, -0.2) is 0 Å². The fourth-order valence-corrected chi connectivity index (χ4v) is 2.56. The van der Waals surface area contributed by atoms with Gasteiger partial charge in [-0.1, -0.05) is 41.4 Å². The van der Waals surface area contributed by atoms with Crippen LogP contribution >= 0.6 is 23.2 Å². The second kappa shape index (κ2) is 6.49. The zero-order valence-corrected chi connectivity index (χ0v) is 13.2. The minimum absolute atomic E-state index is 0.000293. The van der Waals surface area contributed by atoms with E-state index in [1.165, 1.54) is 0 Å². The number of benzene rings is 2. The van der Waals surface area contributed by atoms with E-state index in [0.717, 1.165) is 27.5 Å². The van der Waals surface area contributed by atoms with E-state index in [1.54, 1.807) is 7.11 Å². The van der Waals surface area contributed by atoms with Crippen molar-refractivity contribution >= 4 is 23.2 Å². The van der Waals surface area contributed by atoms with Gasteiger partial charge in [-0.3, -0.25) is 0 Å². The average Bonchev–Trinajstić information content (AvgIpc) is 2.44. The third-order valence-corrected chi connectivity index (χ3v) is 3.97. The molecule has 0 fully saturated rings. The predicted molar refractivity (Wildman–Crippen MR) is 85.1 cm³/mol. The molecule has 0 bridgehead atoms. The third kappa shape index (κ3) is 3.09. The van der Waals surface area contributed by atoms with Gasteiger partial charge in [0.05, 0.1) is 13.2 Å². The Bertz CT molecular complexity index is 613. The van der Waals surface area contributed by atoms with E-state index in [4.69, 9.17) is 27.9 Å². The van der Waals surface area contributed by atoms with Crippen LogP contribution in [0, 0.1) is 6.92 Å². The lowest BCUT2D eigenvalue weighted by molar-refractivity contribution is 0.405. The number of hydrogen-bond donors (Lipinski definition) is 1. The number of rotatable bonds is 4. The fourth-order valence-electron chi connectivity index (χ4n) is 2.21. The molecule has 0 radical (unpaired) electrons. The fraction of sp³-hybridized carbons (Fsp3) is 0.250. The highest BCUT2D eigenvalue weighted by atomic mass is 35.5. The SMILES string of the molecule is CNC(c1ccc(C)c(Cl)c1)c1ccc(Cl)cc1OC. The van der Waals surface area contributed by atoms with Crippen LogP contribution in [0.1, 0.15) is 22.7 Å². The van der Waals surface area contributed by atoms with E-state index in [9.17, 15) is 0 Å². The Kier molecular flexibility index (Phi) is 4.92. The molecule has 106 valence electrons. The van der Waals surface area contributed by atoms with Crippen LogP contribution in [-0.4, -0.2) is 14.2 Å². The molecule has 0 saturated heterocycles. The van der Waals surface area contributed by atoms with E-state index in [0.29, 0.717) is 5.02 Å². The highest BCUT2D eigenvalue weighted by Crippen LogP contribution is 2.33. The van der Waals surface area contributed by atoms with Gasteiger partial charge in [-0.05, 0) is 43.3 Å². The molecule has 0 amide bonds. The first-order valence-corrected chi connectivity index (χ1v) is 7.09. The van der Waals surface area contributed by atoms with Gasteiger partial charge < -0.3 is 10.1 Å². The lowest BCUT2D eigenvalue weighted by Gasteiger charge is -2.20. The smallest absolute Gasteiger partial charge is 0.125 e. The molecule has 2 rings (SSSR count). The molecule has 20 heavy (non-hydrogen) atoms. The molecule has 0 heterocycles. The summed E-state index contributed by atoms with van der Waals surface area (Å²) in [4.78, 5) is 0. The van der Waals surface area contributed by atoms with Gasteiger partial charge >= 0.3 is 0 Å². The summed E-state index contributed by atoms with van der Waals surface area (Å²) >= 11 is 12.2. The van der Waals surface area contributed by atoms with Crippen LogP contribution in [0.15, 0.2) is 36.4 Å². The summed E-state index contributed by atoms with van der Waals surface area (Å²) < 4.78 is 5.43. The molecule has 0 aliphatic heterocycles. The van der Waals surface area contributed by atoms with E-state index in [-0.39, 0.29) is 6.04 Å². The molecule has 0 aromatic heterocycles. The maximum atomic E-state index is 6.22. The van der Waals surface area contributed by atoms with Crippen LogP contribution < -0.4 is 10.1 Å². The number of halogens is 2. The molecule has 2 nitrogen and oxygen atoms in total. The second-order valence-electron chi connectivity index (χ2n) is 4.62. The predicted octanol–water partition coefficient (Wildman–Crippen LogP) is 4.62. The van der Waals surface area contributed by atoms with Crippen LogP contribution in [-0.2, 0) is 0 Å². The van der Waals surface area contributed by atoms with Gasteiger partial charge in [0.1, 0.15) is 5.75 Å². The van der Waals surface area contributed by atoms with Gasteiger partial charge in [0.2, 0.25) is 0 Å². The molecular formula is C16H17Cl2NO. The van der Waals surface area contributed by atoms with E-state index in [2.05, 4.69) is 11.4 Å². The van der Waals surface area contributed by atoms with Crippen molar-refractivity contribution in [2.24, 2.45) is 0 Å². The number of ether oxygens (including phenoxy) is 1. The zero-order chi connectivity index (χ0) is 14.7. The molecule has 0 saturated carbocycles. The summed E-state index contributed by atoms with van der Waals surface area (Å²) in [6.07, 6.45) is 0. The third-order valence-electron chi connectivity index (χ3n) is 3.32. The lowest BCUT2D eigenvalue weighted by Crippen LogP contribution is -2.18. The van der Waals surface area contributed by atoms with Crippen LogP contribution in [0.4, 0.5) is 0 Å². The van der Waals surface area contributed by atoms with Crippen LogP contribution in [0.25, 0.3) is 0 Å². The Labute approximate surface area is 129 Å². The van der Waals surface area contributed by atoms with Crippen molar-refractivity contribution in [3.05, 3.63) is 63.1 Å². The van der Waals surface area contributed by atoms with Gasteiger partial charge in [0.15, 0.2) is 0 Å². The van der Waals surface area contributed by atoms with E-state index >= 15 is 0 Å². The van der Waals surface area contributed by atoms with Crippen molar-refractivity contribution in [1.29, 1.82) is 0 Å². The van der Waals surface area contributed by atoms with Crippen molar-refractivity contribution in [1.82, 2.24) is 5.32 Å². The van der Waals surface area contributed by atoms with Crippen molar-refractivity contribution in [2.75, 3.05) is 14.2 Å². The minimum atomic E-state index is 0.000293. The highest BCUT2D eigenvalue weighted by molar-refractivity contribution is 6.31. The molecule has 2 aromatic carbocycles. The number of hydrogen-bond acceptors (Lipinski definition) is 2. The van der Waals surface area contributed by atoms with Crippen molar-refractivity contribution in [3.8, 4) is 5.75 Å². The molecule has 4 heteroatoms. The van der Waals surface area contributed by atoms with Crippen LogP contribution in [0.2, 0.25) is 10.0 Å². The molecule has 1 N–H and O–H groups in total. The summed E-state index contributed by atoms with van der Waals surface area (Å²) in [6.45, 7) is 1.99. The standard InChI is InChI=1S/C16H17Cl2NO/c1-10-4-5-11(8-14(10)18)16(19-2)13-7-6-12(17)9-15(13)20-3/h4-9,16,19H,1-3H3. The quantitative estimate of drug-likeness (QED) is 0.890. The Morgan fingerprint density at radius 2 is 1.85 bits per heavy atom. The molecule has 1 unspecified atom stereocenters. The van der Waals surface area contributed by atoms with Gasteiger partial charge in [0, 0.05) is 15.6 Å². The van der Waals surface area contributed by atoms with Gasteiger partial charge in [-0.2, -0.15) is 0 Å². The van der Waals surface area contributed by atoms with Crippen molar-refractivity contribution < 1.29 is 4.74 Å². The topological polar surface area (TPSA) is 21.3 Å². The molecule has 1 atom stereocenters. The first kappa shape index (κ1) is 15.2. The molecule has 0 aliphatic rings. The Morgan fingerprint density at radius 3 is 2.45 bits per heavy atom. The maximum Gasteiger partial charge on any atom is 0.125 e. The van der Waals surface area contributed by atoms with Gasteiger partial charge in [-0.15, -0.1) is 0 Å². The minimum Gasteiger partial charge on any atom is -0.496 e. The number of methoxy groups -OCH3 is 1. The second-order valence-corrected chi connectivity index (χ2v) is 5.46. The van der Waals surface area contributed by atoms with Crippen molar-refractivity contribution in [3.63, 3.8) is 0 Å². The Morgan fingerprint density at radius 1 is 1.10 bits per heavy atom. The van der Waals surface area contributed by atoms with E-state index in [1.807, 2.05) is 44.3 Å².